The lowest BCUT2D eigenvalue weighted by Crippen LogP contribution is -2.20. The molecule has 6 heteroatoms. The van der Waals surface area contributed by atoms with Gasteiger partial charge >= 0.3 is 6.18 Å². The van der Waals surface area contributed by atoms with Gasteiger partial charge in [0.2, 0.25) is 0 Å². The van der Waals surface area contributed by atoms with E-state index in [9.17, 15) is 13.2 Å². The maximum absolute atomic E-state index is 12.1. The Morgan fingerprint density at radius 1 is 1.46 bits per heavy atom. The predicted octanol–water partition coefficient (Wildman–Crippen LogP) is 1.38. The molecule has 1 aliphatic rings. The molecule has 1 aromatic heterocycles. The van der Waals surface area contributed by atoms with Gasteiger partial charge in [-0.25, -0.2) is 4.98 Å². The summed E-state index contributed by atoms with van der Waals surface area (Å²) in [6.45, 7) is 0. The maximum atomic E-state index is 12.1. The molecule has 0 saturated heterocycles. The Balaban J connectivity index is 2.29. The van der Waals surface area contributed by atoms with Crippen molar-refractivity contribution in [2.75, 3.05) is 0 Å². The molecule has 72 valence electrons. The number of H-pyrrole nitrogens is 1. The third kappa shape index (κ3) is 1.41. The Morgan fingerprint density at radius 2 is 2.08 bits per heavy atom. The lowest BCUT2D eigenvalue weighted by molar-refractivity contribution is -0.140. The van der Waals surface area contributed by atoms with E-state index in [4.69, 9.17) is 5.73 Å². The van der Waals surface area contributed by atoms with Gasteiger partial charge in [0, 0.05) is 0 Å². The van der Waals surface area contributed by atoms with Crippen LogP contribution < -0.4 is 5.73 Å². The summed E-state index contributed by atoms with van der Waals surface area (Å²) < 4.78 is 36.3. The number of nitrogens with zero attached hydrogens (tertiary/aromatic N) is 1. The second kappa shape index (κ2) is 2.25. The number of nitrogens with one attached hydrogen (secondary N) is 1. The number of hydrogen-bond acceptors (Lipinski definition) is 2. The van der Waals surface area contributed by atoms with E-state index >= 15 is 0 Å². The van der Waals surface area contributed by atoms with Crippen LogP contribution in [0.3, 0.4) is 0 Å². The van der Waals surface area contributed by atoms with Crippen LogP contribution in [-0.4, -0.2) is 9.97 Å². The van der Waals surface area contributed by atoms with Gasteiger partial charge in [-0.3, -0.25) is 0 Å². The van der Waals surface area contributed by atoms with Gasteiger partial charge in [0.15, 0.2) is 0 Å². The molecule has 0 aliphatic heterocycles. The highest BCUT2D eigenvalue weighted by Gasteiger charge is 2.44. The fourth-order valence-corrected chi connectivity index (χ4v) is 1.09. The summed E-state index contributed by atoms with van der Waals surface area (Å²) in [6, 6.07) is 0. The first-order chi connectivity index (χ1) is 5.92. The zero-order valence-corrected chi connectivity index (χ0v) is 6.65. The number of aromatic nitrogens is 2. The second-order valence-corrected chi connectivity index (χ2v) is 3.30. The Hall–Kier alpha value is -1.04. The van der Waals surface area contributed by atoms with E-state index in [-0.39, 0.29) is 5.82 Å². The molecule has 0 unspecified atom stereocenters. The summed E-state index contributed by atoms with van der Waals surface area (Å²) in [5.41, 5.74) is 4.19. The number of halogens is 3. The highest BCUT2D eigenvalue weighted by Crippen LogP contribution is 2.41. The molecule has 1 aliphatic carbocycles. The van der Waals surface area contributed by atoms with Gasteiger partial charge in [0.25, 0.3) is 0 Å². The van der Waals surface area contributed by atoms with Crippen LogP contribution >= 0.6 is 0 Å². The predicted molar refractivity (Wildman–Crippen MR) is 38.7 cm³/mol. The topological polar surface area (TPSA) is 54.7 Å². The molecule has 1 saturated carbocycles. The van der Waals surface area contributed by atoms with E-state index in [1.54, 1.807) is 0 Å². The van der Waals surface area contributed by atoms with Crippen molar-refractivity contribution in [1.29, 1.82) is 0 Å². The first-order valence-electron chi connectivity index (χ1n) is 3.83. The zero-order chi connectivity index (χ0) is 9.69. The largest absolute Gasteiger partial charge is 0.432 e. The smallest absolute Gasteiger partial charge is 0.337 e. The van der Waals surface area contributed by atoms with Crippen molar-refractivity contribution < 1.29 is 13.2 Å². The minimum atomic E-state index is -4.36. The highest BCUT2D eigenvalue weighted by molar-refractivity contribution is 5.18. The molecule has 1 heterocycles. The highest BCUT2D eigenvalue weighted by atomic mass is 19.4. The van der Waals surface area contributed by atoms with Crippen LogP contribution in [0.1, 0.15) is 24.4 Å². The number of aromatic amines is 1. The quantitative estimate of drug-likeness (QED) is 0.704. The summed E-state index contributed by atoms with van der Waals surface area (Å²) in [4.78, 5) is 5.81. The first kappa shape index (κ1) is 8.55. The SMILES string of the molecule is NC1(c2ncc(C(F)(F)F)[nH]2)CC1. The Kier molecular flexibility index (Phi) is 1.48. The van der Waals surface area contributed by atoms with Gasteiger partial charge in [0.1, 0.15) is 11.5 Å². The summed E-state index contributed by atoms with van der Waals surface area (Å²) in [7, 11) is 0. The average molecular weight is 191 g/mol. The van der Waals surface area contributed by atoms with E-state index in [0.29, 0.717) is 12.8 Å². The van der Waals surface area contributed by atoms with Crippen molar-refractivity contribution in [1.82, 2.24) is 9.97 Å². The summed E-state index contributed by atoms with van der Waals surface area (Å²) in [5.74, 6) is 0.236. The zero-order valence-electron chi connectivity index (χ0n) is 6.65. The number of rotatable bonds is 1. The van der Waals surface area contributed by atoms with E-state index in [1.807, 2.05) is 0 Å². The molecule has 0 spiro atoms. The molecule has 13 heavy (non-hydrogen) atoms. The monoisotopic (exact) mass is 191 g/mol. The molecule has 0 radical (unpaired) electrons. The van der Waals surface area contributed by atoms with Gasteiger partial charge in [0.05, 0.1) is 11.7 Å². The molecular formula is C7H8F3N3. The van der Waals surface area contributed by atoms with Gasteiger partial charge in [-0.2, -0.15) is 13.2 Å². The molecule has 0 bridgehead atoms. The normalized spacial score (nSPS) is 20.3. The van der Waals surface area contributed by atoms with E-state index in [2.05, 4.69) is 9.97 Å². The number of nitrogens with two attached hydrogens (primary N) is 1. The summed E-state index contributed by atoms with van der Waals surface area (Å²) >= 11 is 0. The minimum absolute atomic E-state index is 0.236. The molecule has 2 rings (SSSR count). The Morgan fingerprint density at radius 3 is 2.46 bits per heavy atom. The van der Waals surface area contributed by atoms with Crippen LogP contribution in [0.5, 0.6) is 0 Å². The second-order valence-electron chi connectivity index (χ2n) is 3.30. The molecule has 3 nitrogen and oxygen atoms in total. The Bertz CT molecular complexity index is 304. The fourth-order valence-electron chi connectivity index (χ4n) is 1.09. The van der Waals surface area contributed by atoms with Crippen LogP contribution in [0.2, 0.25) is 0 Å². The van der Waals surface area contributed by atoms with E-state index in [0.717, 1.165) is 6.20 Å². The van der Waals surface area contributed by atoms with E-state index < -0.39 is 17.4 Å². The van der Waals surface area contributed by atoms with E-state index in [1.165, 1.54) is 0 Å². The number of imidazole rings is 1. The average Bonchev–Trinajstić information content (AvgIpc) is 2.60. The van der Waals surface area contributed by atoms with Crippen molar-refractivity contribution >= 4 is 0 Å². The summed E-state index contributed by atoms with van der Waals surface area (Å²) in [6.07, 6.45) is -2.20. The fraction of sp³-hybridized carbons (Fsp3) is 0.571. The van der Waals surface area contributed by atoms with Crippen LogP contribution in [0, 0.1) is 0 Å². The van der Waals surface area contributed by atoms with Gasteiger partial charge in [-0.15, -0.1) is 0 Å². The van der Waals surface area contributed by atoms with Crippen molar-refractivity contribution in [3.05, 3.63) is 17.7 Å². The van der Waals surface area contributed by atoms with Gasteiger partial charge in [-0.05, 0) is 12.8 Å². The maximum Gasteiger partial charge on any atom is 0.432 e. The van der Waals surface area contributed by atoms with Gasteiger partial charge < -0.3 is 10.7 Å². The van der Waals surface area contributed by atoms with Crippen molar-refractivity contribution in [2.45, 2.75) is 24.6 Å². The molecule has 3 N–H and O–H groups in total. The number of hydrogen-bond donors (Lipinski definition) is 2. The van der Waals surface area contributed by atoms with Crippen LogP contribution in [-0.2, 0) is 11.7 Å². The van der Waals surface area contributed by atoms with Crippen molar-refractivity contribution in [3.8, 4) is 0 Å². The number of alkyl halides is 3. The van der Waals surface area contributed by atoms with Gasteiger partial charge in [-0.1, -0.05) is 0 Å². The van der Waals surface area contributed by atoms with Crippen molar-refractivity contribution in [2.24, 2.45) is 5.73 Å². The molecule has 0 atom stereocenters. The molecule has 1 fully saturated rings. The standard InChI is InChI=1S/C7H8F3N3/c8-7(9,10)4-3-12-5(13-4)6(11)1-2-6/h3H,1-2,11H2,(H,12,13). The van der Waals surface area contributed by atoms with Crippen LogP contribution in [0.15, 0.2) is 6.20 Å². The Labute approximate surface area is 72.2 Å². The van der Waals surface area contributed by atoms with Crippen LogP contribution in [0.25, 0.3) is 0 Å². The van der Waals surface area contributed by atoms with Crippen LogP contribution in [0.4, 0.5) is 13.2 Å². The lowest BCUT2D eigenvalue weighted by Gasteiger charge is -2.04. The third-order valence-electron chi connectivity index (χ3n) is 2.14. The first-order valence-corrected chi connectivity index (χ1v) is 3.83. The lowest BCUT2D eigenvalue weighted by atomic mass is 10.3. The van der Waals surface area contributed by atoms with Crippen molar-refractivity contribution in [3.63, 3.8) is 0 Å². The molecule has 0 aromatic carbocycles. The summed E-state index contributed by atoms with van der Waals surface area (Å²) in [5, 5.41) is 0. The molecular weight excluding hydrogens is 183 g/mol. The third-order valence-corrected chi connectivity index (χ3v) is 2.14. The molecule has 1 aromatic rings. The molecule has 0 amide bonds. The minimum Gasteiger partial charge on any atom is -0.337 e.